The van der Waals surface area contributed by atoms with Gasteiger partial charge in [-0.25, -0.2) is 4.98 Å². The maximum atomic E-state index is 13.1. The van der Waals surface area contributed by atoms with E-state index in [0.717, 1.165) is 33.5 Å². The third-order valence-electron chi connectivity index (χ3n) is 5.21. The van der Waals surface area contributed by atoms with E-state index >= 15 is 0 Å². The van der Waals surface area contributed by atoms with Gasteiger partial charge in [0.05, 0.1) is 13.7 Å². The molecule has 0 unspecified atom stereocenters. The zero-order valence-corrected chi connectivity index (χ0v) is 18.1. The molecule has 0 radical (unpaired) electrons. The molecule has 2 heterocycles. The third-order valence-corrected chi connectivity index (χ3v) is 5.76. The summed E-state index contributed by atoms with van der Waals surface area (Å²) in [5.74, 6) is 0.464. The predicted molar refractivity (Wildman–Crippen MR) is 117 cm³/mol. The minimum atomic E-state index is -0.132. The van der Waals surface area contributed by atoms with Crippen molar-refractivity contribution < 1.29 is 9.53 Å². The Morgan fingerprint density at radius 1 is 1.23 bits per heavy atom. The summed E-state index contributed by atoms with van der Waals surface area (Å²) in [6.45, 7) is 2.94. The SMILES string of the molecule is COc1c#cc(CN2Cc3c(nc(C)c(CN)c3-c3ccc(Cl)cc3Cl)C2=O)cc1. The standard InChI is InChI=1S/C23H19Cl2N3O2/c1-13-18(10-26)21(17-8-5-15(24)9-20(17)25)19-12-28(23(29)22(19)27-13)11-14-3-6-16(30-2)7-4-14/h3,5-6,8-9H,10-12,26H2,1-2H3. The molecule has 5 nitrogen and oxygen atoms in total. The number of carbonyl (C=O) groups is 1. The quantitative estimate of drug-likeness (QED) is 0.631. The number of rotatable bonds is 5. The van der Waals surface area contributed by atoms with Gasteiger partial charge in [-0.2, -0.15) is 0 Å². The van der Waals surface area contributed by atoms with Gasteiger partial charge in [-0.3, -0.25) is 4.79 Å². The molecule has 0 aliphatic carbocycles. The molecule has 1 aliphatic heterocycles. The van der Waals surface area contributed by atoms with Crippen LogP contribution in [0.4, 0.5) is 0 Å². The first-order chi connectivity index (χ1) is 14.4. The summed E-state index contributed by atoms with van der Waals surface area (Å²) in [7, 11) is 1.58. The van der Waals surface area contributed by atoms with Gasteiger partial charge in [0.1, 0.15) is 5.69 Å². The van der Waals surface area contributed by atoms with Crippen LogP contribution >= 0.6 is 23.2 Å². The second-order valence-corrected chi connectivity index (χ2v) is 7.89. The normalized spacial score (nSPS) is 12.7. The molecule has 4 rings (SSSR count). The number of benzene rings is 1. The number of hydrogen-bond acceptors (Lipinski definition) is 4. The molecule has 2 N–H and O–H groups in total. The van der Waals surface area contributed by atoms with Crippen molar-refractivity contribution >= 4 is 29.1 Å². The minimum absolute atomic E-state index is 0.132. The number of amides is 1. The van der Waals surface area contributed by atoms with E-state index in [1.54, 1.807) is 30.2 Å². The maximum absolute atomic E-state index is 13.1. The number of aryl methyl sites for hydroxylation is 1. The summed E-state index contributed by atoms with van der Waals surface area (Å²) in [5.41, 5.74) is 11.4. The molecule has 1 aromatic heterocycles. The van der Waals surface area contributed by atoms with Gasteiger partial charge in [0.15, 0.2) is 5.75 Å². The molecule has 0 saturated carbocycles. The first-order valence-electron chi connectivity index (χ1n) is 9.37. The van der Waals surface area contributed by atoms with Gasteiger partial charge in [-0.1, -0.05) is 35.3 Å². The van der Waals surface area contributed by atoms with Gasteiger partial charge in [0.2, 0.25) is 0 Å². The summed E-state index contributed by atoms with van der Waals surface area (Å²) in [6, 6.07) is 15.0. The topological polar surface area (TPSA) is 68.4 Å². The molecule has 0 atom stereocenters. The summed E-state index contributed by atoms with van der Waals surface area (Å²) >= 11 is 12.6. The number of pyridine rings is 1. The number of methoxy groups -OCH3 is 1. The number of fused-ring (bicyclic) bond motifs is 1. The number of nitrogens with two attached hydrogens (primary N) is 1. The van der Waals surface area contributed by atoms with E-state index in [-0.39, 0.29) is 12.5 Å². The van der Waals surface area contributed by atoms with E-state index in [4.69, 9.17) is 33.7 Å². The molecule has 0 saturated heterocycles. The van der Waals surface area contributed by atoms with Crippen LogP contribution in [0.5, 0.6) is 5.75 Å². The molecule has 7 heteroatoms. The van der Waals surface area contributed by atoms with E-state index in [0.29, 0.717) is 34.6 Å². The highest BCUT2D eigenvalue weighted by Gasteiger charge is 2.33. The van der Waals surface area contributed by atoms with Crippen LogP contribution in [0.25, 0.3) is 11.1 Å². The van der Waals surface area contributed by atoms with Crippen LogP contribution in [-0.4, -0.2) is 22.9 Å². The van der Waals surface area contributed by atoms with E-state index in [2.05, 4.69) is 17.1 Å². The second-order valence-electron chi connectivity index (χ2n) is 7.04. The van der Waals surface area contributed by atoms with Crippen molar-refractivity contribution in [3.05, 3.63) is 80.6 Å². The molecule has 3 aromatic rings. The Morgan fingerprint density at radius 2 is 2.03 bits per heavy atom. The lowest BCUT2D eigenvalue weighted by molar-refractivity contribution is 0.0762. The summed E-state index contributed by atoms with van der Waals surface area (Å²) < 4.78 is 5.12. The monoisotopic (exact) mass is 439 g/mol. The Kier molecular flexibility index (Phi) is 5.57. The van der Waals surface area contributed by atoms with Crippen LogP contribution in [0.15, 0.2) is 30.3 Å². The lowest BCUT2D eigenvalue weighted by Gasteiger charge is -2.17. The zero-order valence-electron chi connectivity index (χ0n) is 16.6. The fourth-order valence-electron chi connectivity index (χ4n) is 3.74. The third kappa shape index (κ3) is 3.59. The molecule has 2 aromatic carbocycles. The van der Waals surface area contributed by atoms with Crippen LogP contribution in [0.2, 0.25) is 10.0 Å². The van der Waals surface area contributed by atoms with Gasteiger partial charge in [-0.15, -0.1) is 0 Å². The Balaban J connectivity index is 1.77. The summed E-state index contributed by atoms with van der Waals surface area (Å²) in [6.07, 6.45) is 0. The minimum Gasteiger partial charge on any atom is -0.489 e. The van der Waals surface area contributed by atoms with Crippen molar-refractivity contribution in [3.8, 4) is 16.9 Å². The zero-order chi connectivity index (χ0) is 21.4. The van der Waals surface area contributed by atoms with Gasteiger partial charge in [-0.05, 0) is 48.4 Å². The lowest BCUT2D eigenvalue weighted by atomic mass is 9.93. The number of halogens is 2. The van der Waals surface area contributed by atoms with E-state index in [9.17, 15) is 4.79 Å². The molecular weight excluding hydrogens is 421 g/mol. The largest absolute Gasteiger partial charge is 0.489 e. The molecule has 1 aliphatic rings. The smallest absolute Gasteiger partial charge is 0.273 e. The Labute approximate surface area is 185 Å². The van der Waals surface area contributed by atoms with Crippen molar-refractivity contribution in [2.75, 3.05) is 7.11 Å². The summed E-state index contributed by atoms with van der Waals surface area (Å²) in [5, 5.41) is 1.05. The highest BCUT2D eigenvalue weighted by atomic mass is 35.5. The highest BCUT2D eigenvalue weighted by molar-refractivity contribution is 6.36. The average molecular weight is 440 g/mol. The molecule has 1 amide bonds. The Hall–Kier alpha value is -2.78. The van der Waals surface area contributed by atoms with E-state index < -0.39 is 0 Å². The molecule has 152 valence electrons. The first-order valence-corrected chi connectivity index (χ1v) is 10.1. The number of carbonyl (C=O) groups excluding carboxylic acids is 1. The van der Waals surface area contributed by atoms with E-state index in [1.807, 2.05) is 19.1 Å². The number of ether oxygens (including phenoxy) is 1. The van der Waals surface area contributed by atoms with Gasteiger partial charge >= 0.3 is 0 Å². The molecule has 0 spiro atoms. The van der Waals surface area contributed by atoms with Crippen molar-refractivity contribution in [3.63, 3.8) is 0 Å². The van der Waals surface area contributed by atoms with Gasteiger partial charge in [0, 0.05) is 45.5 Å². The molecule has 0 bridgehead atoms. The fraction of sp³-hybridized carbons (Fsp3) is 0.217. The molecular formula is C23H19Cl2N3O2. The Morgan fingerprint density at radius 3 is 2.67 bits per heavy atom. The maximum Gasteiger partial charge on any atom is 0.273 e. The van der Waals surface area contributed by atoms with Crippen molar-refractivity contribution in [1.29, 1.82) is 0 Å². The second kappa shape index (κ2) is 8.16. The average Bonchev–Trinajstić information content (AvgIpc) is 3.03. The highest BCUT2D eigenvalue weighted by Crippen LogP contribution is 2.40. The van der Waals surface area contributed by atoms with Crippen LogP contribution < -0.4 is 10.5 Å². The fourth-order valence-corrected chi connectivity index (χ4v) is 4.24. The Bertz CT molecular complexity index is 1130. The van der Waals surface area contributed by atoms with Crippen LogP contribution in [0.1, 0.15) is 32.9 Å². The van der Waals surface area contributed by atoms with Crippen LogP contribution in [0.3, 0.4) is 0 Å². The van der Waals surface area contributed by atoms with Crippen molar-refractivity contribution in [2.24, 2.45) is 5.73 Å². The summed E-state index contributed by atoms with van der Waals surface area (Å²) in [4.78, 5) is 19.4. The number of nitrogens with zero attached hydrogens (tertiary/aromatic N) is 2. The molecule has 30 heavy (non-hydrogen) atoms. The lowest BCUT2D eigenvalue weighted by Crippen LogP contribution is -2.23. The number of hydrogen-bond donors (Lipinski definition) is 1. The van der Waals surface area contributed by atoms with Crippen molar-refractivity contribution in [2.45, 2.75) is 26.6 Å². The first kappa shape index (κ1) is 20.5. The number of aromatic nitrogens is 1. The van der Waals surface area contributed by atoms with Crippen molar-refractivity contribution in [1.82, 2.24) is 9.88 Å². The van der Waals surface area contributed by atoms with E-state index in [1.165, 1.54) is 0 Å². The van der Waals surface area contributed by atoms with Crippen LogP contribution in [0, 0.1) is 19.1 Å². The molecule has 0 fully saturated rings. The van der Waals surface area contributed by atoms with Gasteiger partial charge < -0.3 is 15.4 Å². The van der Waals surface area contributed by atoms with Gasteiger partial charge in [0.25, 0.3) is 5.91 Å². The predicted octanol–water partition coefficient (Wildman–Crippen LogP) is 4.59. The van der Waals surface area contributed by atoms with Crippen LogP contribution in [-0.2, 0) is 19.6 Å².